The van der Waals surface area contributed by atoms with Gasteiger partial charge in [-0.2, -0.15) is 5.10 Å². The Bertz CT molecular complexity index is 417. The van der Waals surface area contributed by atoms with E-state index in [0.717, 1.165) is 12.1 Å². The predicted molar refractivity (Wildman–Crippen MR) is 84.0 cm³/mol. The van der Waals surface area contributed by atoms with Crippen LogP contribution in [0.5, 0.6) is 0 Å². The molecule has 5 heteroatoms. The van der Waals surface area contributed by atoms with Crippen LogP contribution in [0.15, 0.2) is 17.1 Å². The Balaban J connectivity index is 2.25. The van der Waals surface area contributed by atoms with Crippen molar-refractivity contribution in [2.24, 2.45) is 5.73 Å². The first-order valence-electron chi connectivity index (χ1n) is 7.79. The number of unbranched alkanes of at least 4 members (excludes halogenated alkanes) is 6. The summed E-state index contributed by atoms with van der Waals surface area (Å²) in [4.78, 5) is 11.8. The zero-order chi connectivity index (χ0) is 14.6. The van der Waals surface area contributed by atoms with E-state index < -0.39 is 0 Å². The molecule has 1 rings (SSSR count). The molecule has 0 saturated heterocycles. The van der Waals surface area contributed by atoms with Crippen molar-refractivity contribution in [1.29, 1.82) is 0 Å². The number of nitrogens with one attached hydrogen (secondary N) is 1. The van der Waals surface area contributed by atoms with Gasteiger partial charge in [-0.15, -0.1) is 0 Å². The monoisotopic (exact) mass is 280 g/mol. The van der Waals surface area contributed by atoms with E-state index in [4.69, 9.17) is 5.73 Å². The highest BCUT2D eigenvalue weighted by molar-refractivity contribution is 5.38. The van der Waals surface area contributed by atoms with Crippen LogP contribution in [-0.4, -0.2) is 22.9 Å². The van der Waals surface area contributed by atoms with E-state index in [0.29, 0.717) is 19.6 Å². The number of hydrogen-bond donors (Lipinski definition) is 2. The van der Waals surface area contributed by atoms with Crippen molar-refractivity contribution in [2.45, 2.75) is 58.4 Å². The minimum Gasteiger partial charge on any atom is -0.382 e. The van der Waals surface area contributed by atoms with Crippen molar-refractivity contribution in [2.75, 3.05) is 18.4 Å². The summed E-state index contributed by atoms with van der Waals surface area (Å²) in [6.45, 7) is 4.14. The van der Waals surface area contributed by atoms with Gasteiger partial charge in [0, 0.05) is 25.7 Å². The lowest BCUT2D eigenvalue weighted by Gasteiger charge is -2.07. The lowest BCUT2D eigenvalue weighted by atomic mass is 10.1. The molecule has 1 aromatic rings. The van der Waals surface area contributed by atoms with Crippen molar-refractivity contribution in [3.8, 4) is 0 Å². The van der Waals surface area contributed by atoms with Crippen LogP contribution in [0.1, 0.15) is 51.9 Å². The molecule has 0 radical (unpaired) electrons. The van der Waals surface area contributed by atoms with Crippen molar-refractivity contribution >= 4 is 5.69 Å². The zero-order valence-corrected chi connectivity index (χ0v) is 12.6. The Morgan fingerprint density at radius 1 is 1.20 bits per heavy atom. The summed E-state index contributed by atoms with van der Waals surface area (Å²) in [7, 11) is 0. The first-order chi connectivity index (χ1) is 9.77. The van der Waals surface area contributed by atoms with Gasteiger partial charge in [0.05, 0.1) is 11.9 Å². The summed E-state index contributed by atoms with van der Waals surface area (Å²) >= 11 is 0. The van der Waals surface area contributed by atoms with Gasteiger partial charge in [0.1, 0.15) is 0 Å². The molecule has 0 aliphatic heterocycles. The highest BCUT2D eigenvalue weighted by Crippen LogP contribution is 2.07. The summed E-state index contributed by atoms with van der Waals surface area (Å²) in [6, 6.07) is 1.59. The number of aromatic nitrogens is 2. The van der Waals surface area contributed by atoms with E-state index in [1.807, 2.05) is 0 Å². The SMILES string of the molecule is CCCCCCCCCn1ncc(NCCN)cc1=O. The molecule has 3 N–H and O–H groups in total. The van der Waals surface area contributed by atoms with Crippen molar-refractivity contribution in [1.82, 2.24) is 9.78 Å². The van der Waals surface area contributed by atoms with Gasteiger partial charge in [0.25, 0.3) is 5.56 Å². The Hall–Kier alpha value is -1.36. The second-order valence-corrected chi connectivity index (χ2v) is 5.14. The second-order valence-electron chi connectivity index (χ2n) is 5.14. The predicted octanol–water partition coefficient (Wildman–Crippen LogP) is 2.36. The first kappa shape index (κ1) is 16.7. The third-order valence-corrected chi connectivity index (χ3v) is 3.32. The highest BCUT2D eigenvalue weighted by atomic mass is 16.1. The molecule has 0 unspecified atom stereocenters. The van der Waals surface area contributed by atoms with Gasteiger partial charge in [-0.25, -0.2) is 4.68 Å². The molecule has 20 heavy (non-hydrogen) atoms. The van der Waals surface area contributed by atoms with Crippen molar-refractivity contribution in [3.05, 3.63) is 22.6 Å². The minimum atomic E-state index is -0.0435. The van der Waals surface area contributed by atoms with Crippen LogP contribution in [-0.2, 0) is 6.54 Å². The van der Waals surface area contributed by atoms with Crippen LogP contribution in [0.2, 0.25) is 0 Å². The molecule has 0 atom stereocenters. The van der Waals surface area contributed by atoms with Gasteiger partial charge < -0.3 is 11.1 Å². The van der Waals surface area contributed by atoms with Crippen LogP contribution in [0.4, 0.5) is 5.69 Å². The van der Waals surface area contributed by atoms with Crippen molar-refractivity contribution in [3.63, 3.8) is 0 Å². The Morgan fingerprint density at radius 2 is 1.90 bits per heavy atom. The highest BCUT2D eigenvalue weighted by Gasteiger charge is 1.99. The van der Waals surface area contributed by atoms with Crippen LogP contribution < -0.4 is 16.6 Å². The van der Waals surface area contributed by atoms with Gasteiger partial charge in [-0.1, -0.05) is 45.4 Å². The van der Waals surface area contributed by atoms with Crippen LogP contribution >= 0.6 is 0 Å². The lowest BCUT2D eigenvalue weighted by molar-refractivity contribution is 0.506. The van der Waals surface area contributed by atoms with E-state index in [9.17, 15) is 4.79 Å². The summed E-state index contributed by atoms with van der Waals surface area (Å²) in [6.07, 6.45) is 10.4. The normalized spacial score (nSPS) is 10.7. The van der Waals surface area contributed by atoms with Gasteiger partial charge in [0.15, 0.2) is 0 Å². The summed E-state index contributed by atoms with van der Waals surface area (Å²) in [5.41, 5.74) is 6.11. The quantitative estimate of drug-likeness (QED) is 0.610. The maximum atomic E-state index is 11.8. The van der Waals surface area contributed by atoms with E-state index in [2.05, 4.69) is 17.3 Å². The zero-order valence-electron chi connectivity index (χ0n) is 12.6. The van der Waals surface area contributed by atoms with Gasteiger partial charge >= 0.3 is 0 Å². The number of nitrogens with zero attached hydrogens (tertiary/aromatic N) is 2. The maximum absolute atomic E-state index is 11.8. The molecule has 0 aliphatic rings. The number of hydrogen-bond acceptors (Lipinski definition) is 4. The number of nitrogens with two attached hydrogens (primary N) is 1. The molecule has 0 saturated carbocycles. The second kappa shape index (κ2) is 10.4. The standard InChI is InChI=1S/C15H28N4O/c1-2-3-4-5-6-7-8-11-19-15(20)12-14(13-18-19)17-10-9-16/h12-13,17H,2-11,16H2,1H3. The van der Waals surface area contributed by atoms with E-state index in [1.165, 1.54) is 38.5 Å². The van der Waals surface area contributed by atoms with Gasteiger partial charge in [-0.05, 0) is 6.42 Å². The van der Waals surface area contributed by atoms with Crippen LogP contribution in [0.25, 0.3) is 0 Å². The molecule has 0 bridgehead atoms. The van der Waals surface area contributed by atoms with Gasteiger partial charge in [-0.3, -0.25) is 4.79 Å². The third kappa shape index (κ3) is 6.70. The number of rotatable bonds is 11. The molecule has 0 aliphatic carbocycles. The van der Waals surface area contributed by atoms with Crippen molar-refractivity contribution < 1.29 is 0 Å². The van der Waals surface area contributed by atoms with E-state index >= 15 is 0 Å². The number of anilines is 1. The molecule has 0 amide bonds. The van der Waals surface area contributed by atoms with Gasteiger partial charge in [0.2, 0.25) is 0 Å². The maximum Gasteiger partial charge on any atom is 0.268 e. The molecule has 0 spiro atoms. The van der Waals surface area contributed by atoms with Crippen LogP contribution in [0.3, 0.4) is 0 Å². The molecule has 5 nitrogen and oxygen atoms in total. The Labute approximate surface area is 121 Å². The molecule has 114 valence electrons. The smallest absolute Gasteiger partial charge is 0.268 e. The molecule has 1 aromatic heterocycles. The fourth-order valence-corrected chi connectivity index (χ4v) is 2.13. The summed E-state index contributed by atoms with van der Waals surface area (Å²) in [5, 5.41) is 7.24. The average molecular weight is 280 g/mol. The van der Waals surface area contributed by atoms with E-state index in [-0.39, 0.29) is 5.56 Å². The Morgan fingerprint density at radius 3 is 2.55 bits per heavy atom. The fraction of sp³-hybridized carbons (Fsp3) is 0.733. The fourth-order valence-electron chi connectivity index (χ4n) is 2.13. The lowest BCUT2D eigenvalue weighted by Crippen LogP contribution is -2.23. The molecule has 1 heterocycles. The molecular weight excluding hydrogens is 252 g/mol. The summed E-state index contributed by atoms with van der Waals surface area (Å²) in [5.74, 6) is 0. The molecule has 0 aromatic carbocycles. The first-order valence-corrected chi connectivity index (χ1v) is 7.79. The summed E-state index contributed by atoms with van der Waals surface area (Å²) < 4.78 is 1.54. The average Bonchev–Trinajstić information content (AvgIpc) is 2.46. The molecular formula is C15H28N4O. The minimum absolute atomic E-state index is 0.0435. The Kier molecular flexibility index (Phi) is 8.71. The van der Waals surface area contributed by atoms with E-state index in [1.54, 1.807) is 16.9 Å². The topological polar surface area (TPSA) is 72.9 Å². The largest absolute Gasteiger partial charge is 0.382 e. The number of aryl methyl sites for hydroxylation is 1. The third-order valence-electron chi connectivity index (χ3n) is 3.32. The van der Waals surface area contributed by atoms with Crippen LogP contribution in [0, 0.1) is 0 Å². The molecule has 0 fully saturated rings.